The first-order chi connectivity index (χ1) is 11.7. The Bertz CT molecular complexity index is 738. The van der Waals surface area contributed by atoms with E-state index in [1.807, 2.05) is 13.0 Å². The molecule has 24 heavy (non-hydrogen) atoms. The van der Waals surface area contributed by atoms with E-state index in [-0.39, 0.29) is 6.03 Å². The topological polar surface area (TPSA) is 85.4 Å². The Morgan fingerprint density at radius 1 is 1.33 bits per heavy atom. The molecule has 0 aliphatic carbocycles. The number of carbonyl (C=O) groups excluding carboxylic acids is 1. The van der Waals surface area contributed by atoms with E-state index < -0.39 is 0 Å². The fraction of sp³-hybridized carbons (Fsp3) is 0.400. The van der Waals surface area contributed by atoms with Crippen LogP contribution in [0.4, 0.5) is 9.93 Å². The number of benzene rings is 1. The summed E-state index contributed by atoms with van der Waals surface area (Å²) in [7, 11) is 0. The number of fused-ring (bicyclic) bond motifs is 1. The van der Waals surface area contributed by atoms with Crippen LogP contribution in [-0.4, -0.2) is 29.4 Å². The lowest BCUT2D eigenvalue weighted by molar-refractivity contribution is 0.251. The van der Waals surface area contributed by atoms with E-state index in [4.69, 9.17) is 21.1 Å². The van der Waals surface area contributed by atoms with Gasteiger partial charge in [-0.2, -0.15) is 0 Å². The van der Waals surface area contributed by atoms with Crippen molar-refractivity contribution in [2.45, 2.75) is 26.3 Å². The van der Waals surface area contributed by atoms with E-state index in [0.717, 1.165) is 23.4 Å². The van der Waals surface area contributed by atoms with E-state index in [9.17, 15) is 4.79 Å². The van der Waals surface area contributed by atoms with Gasteiger partial charge in [0.25, 0.3) is 0 Å². The molecule has 1 aromatic carbocycles. The number of urea groups is 1. The molecule has 1 aromatic heterocycles. The number of aromatic nitrogens is 2. The van der Waals surface area contributed by atoms with Crippen LogP contribution in [0.2, 0.25) is 5.02 Å². The minimum atomic E-state index is -0.350. The highest BCUT2D eigenvalue weighted by atomic mass is 35.5. The van der Waals surface area contributed by atoms with E-state index in [1.165, 1.54) is 11.3 Å². The minimum Gasteiger partial charge on any atom is -0.489 e. The molecule has 0 saturated carbocycles. The predicted octanol–water partition coefficient (Wildman–Crippen LogP) is 3.24. The lowest BCUT2D eigenvalue weighted by Crippen LogP contribution is -2.28. The molecular weight excluding hydrogens is 352 g/mol. The maximum absolute atomic E-state index is 11.9. The van der Waals surface area contributed by atoms with Crippen LogP contribution in [0.5, 0.6) is 11.5 Å². The Kier molecular flexibility index (Phi) is 5.37. The number of nitrogens with zero attached hydrogens (tertiary/aromatic N) is 2. The molecule has 2 N–H and O–H groups in total. The second kappa shape index (κ2) is 7.67. The van der Waals surface area contributed by atoms with Crippen molar-refractivity contribution >= 4 is 34.1 Å². The number of ether oxygens (including phenoxy) is 2. The first-order valence-electron chi connectivity index (χ1n) is 7.61. The van der Waals surface area contributed by atoms with E-state index in [2.05, 4.69) is 20.8 Å². The number of hydrogen-bond donors (Lipinski definition) is 2. The number of halogens is 1. The van der Waals surface area contributed by atoms with Gasteiger partial charge < -0.3 is 14.8 Å². The number of hydrogen-bond acceptors (Lipinski definition) is 6. The summed E-state index contributed by atoms with van der Waals surface area (Å²) in [6.45, 7) is 3.45. The summed E-state index contributed by atoms with van der Waals surface area (Å²) in [5, 5.41) is 15.1. The maximum atomic E-state index is 11.9. The fourth-order valence-corrected chi connectivity index (χ4v) is 3.12. The monoisotopic (exact) mass is 368 g/mol. The van der Waals surface area contributed by atoms with Gasteiger partial charge in [-0.05, 0) is 24.1 Å². The maximum Gasteiger partial charge on any atom is 0.321 e. The zero-order valence-electron chi connectivity index (χ0n) is 13.1. The summed E-state index contributed by atoms with van der Waals surface area (Å²) >= 11 is 7.59. The SMILES string of the molecule is CCc1nnc(NC(=O)NCc2cc(Cl)c3c(c2)OCCCO3)s1. The van der Waals surface area contributed by atoms with E-state index in [0.29, 0.717) is 41.4 Å². The zero-order chi connectivity index (χ0) is 16.9. The lowest BCUT2D eigenvalue weighted by Gasteiger charge is -2.12. The van der Waals surface area contributed by atoms with Crippen LogP contribution in [0.1, 0.15) is 23.9 Å². The van der Waals surface area contributed by atoms with Crippen molar-refractivity contribution in [3.05, 3.63) is 27.7 Å². The molecule has 0 bridgehead atoms. The van der Waals surface area contributed by atoms with Gasteiger partial charge in [-0.15, -0.1) is 10.2 Å². The Labute approximate surface area is 148 Å². The summed E-state index contributed by atoms with van der Waals surface area (Å²) < 4.78 is 11.2. The quantitative estimate of drug-likeness (QED) is 0.865. The second-order valence-corrected chi connectivity index (χ2v) is 6.59. The fourth-order valence-electron chi connectivity index (χ4n) is 2.16. The number of aryl methyl sites for hydroxylation is 1. The third-order valence-electron chi connectivity index (χ3n) is 3.30. The molecule has 7 nitrogen and oxygen atoms in total. The van der Waals surface area contributed by atoms with Crippen molar-refractivity contribution in [2.75, 3.05) is 18.5 Å². The van der Waals surface area contributed by atoms with Crippen molar-refractivity contribution in [2.24, 2.45) is 0 Å². The highest BCUT2D eigenvalue weighted by Crippen LogP contribution is 2.37. The smallest absolute Gasteiger partial charge is 0.321 e. The van der Waals surface area contributed by atoms with Crippen molar-refractivity contribution in [1.29, 1.82) is 0 Å². The van der Waals surface area contributed by atoms with Gasteiger partial charge in [0.15, 0.2) is 11.5 Å². The lowest BCUT2D eigenvalue weighted by atomic mass is 10.2. The van der Waals surface area contributed by atoms with Crippen LogP contribution in [-0.2, 0) is 13.0 Å². The molecule has 1 aliphatic rings. The van der Waals surface area contributed by atoms with Crippen LogP contribution in [0.25, 0.3) is 0 Å². The molecule has 0 atom stereocenters. The Hall–Kier alpha value is -2.06. The van der Waals surface area contributed by atoms with Crippen LogP contribution in [0.15, 0.2) is 12.1 Å². The Balaban J connectivity index is 1.60. The second-order valence-electron chi connectivity index (χ2n) is 5.12. The summed E-state index contributed by atoms with van der Waals surface area (Å²) in [6.07, 6.45) is 1.60. The minimum absolute atomic E-state index is 0.307. The average Bonchev–Trinajstić information content (AvgIpc) is 2.88. The van der Waals surface area contributed by atoms with Gasteiger partial charge in [0.1, 0.15) is 5.01 Å². The van der Waals surface area contributed by atoms with Gasteiger partial charge >= 0.3 is 6.03 Å². The molecule has 1 aliphatic heterocycles. The number of amides is 2. The Morgan fingerprint density at radius 2 is 2.17 bits per heavy atom. The number of nitrogens with one attached hydrogen (secondary N) is 2. The zero-order valence-corrected chi connectivity index (χ0v) is 14.7. The van der Waals surface area contributed by atoms with E-state index >= 15 is 0 Å². The average molecular weight is 369 g/mol. The van der Waals surface area contributed by atoms with Gasteiger partial charge in [-0.3, -0.25) is 5.32 Å². The van der Waals surface area contributed by atoms with Gasteiger partial charge in [-0.25, -0.2) is 4.79 Å². The first kappa shape index (κ1) is 16.8. The summed E-state index contributed by atoms with van der Waals surface area (Å²) in [4.78, 5) is 11.9. The molecule has 0 fully saturated rings. The van der Waals surface area contributed by atoms with Gasteiger partial charge in [0, 0.05) is 13.0 Å². The van der Waals surface area contributed by atoms with Crippen LogP contribution < -0.4 is 20.1 Å². The third-order valence-corrected chi connectivity index (χ3v) is 4.57. The molecule has 2 amide bonds. The molecular formula is C15H17ClN4O3S. The summed E-state index contributed by atoms with van der Waals surface area (Å²) in [5.41, 5.74) is 0.825. The molecule has 2 aromatic rings. The number of anilines is 1. The van der Waals surface area contributed by atoms with Gasteiger partial charge in [0.05, 0.1) is 18.2 Å². The van der Waals surface area contributed by atoms with Gasteiger partial charge in [-0.1, -0.05) is 29.9 Å². The standard InChI is InChI=1S/C15H17ClN4O3S/c1-2-12-19-20-15(24-12)18-14(21)17-8-9-6-10(16)13-11(7-9)22-4-3-5-23-13/h6-7H,2-5,8H2,1H3,(H2,17,18,20,21). The Morgan fingerprint density at radius 3 is 2.96 bits per heavy atom. The van der Waals surface area contributed by atoms with Gasteiger partial charge in [0.2, 0.25) is 5.13 Å². The molecule has 0 unspecified atom stereocenters. The van der Waals surface area contributed by atoms with E-state index in [1.54, 1.807) is 6.07 Å². The highest BCUT2D eigenvalue weighted by Gasteiger charge is 2.16. The van der Waals surface area contributed by atoms with Crippen LogP contribution in [0, 0.1) is 0 Å². The normalized spacial score (nSPS) is 13.2. The summed E-state index contributed by atoms with van der Waals surface area (Å²) in [6, 6.07) is 3.24. The highest BCUT2D eigenvalue weighted by molar-refractivity contribution is 7.15. The molecule has 0 spiro atoms. The third kappa shape index (κ3) is 4.07. The largest absolute Gasteiger partial charge is 0.489 e. The molecule has 0 saturated heterocycles. The first-order valence-corrected chi connectivity index (χ1v) is 8.80. The molecule has 2 heterocycles. The summed E-state index contributed by atoms with van der Waals surface area (Å²) in [5.74, 6) is 1.16. The molecule has 3 rings (SSSR count). The van der Waals surface area contributed by atoms with Crippen molar-refractivity contribution in [3.8, 4) is 11.5 Å². The van der Waals surface area contributed by atoms with Crippen LogP contribution in [0.3, 0.4) is 0 Å². The van der Waals surface area contributed by atoms with Crippen molar-refractivity contribution in [3.63, 3.8) is 0 Å². The number of rotatable bonds is 4. The molecule has 128 valence electrons. The van der Waals surface area contributed by atoms with Crippen LogP contribution >= 0.6 is 22.9 Å². The number of carbonyl (C=O) groups is 1. The molecule has 0 radical (unpaired) electrons. The van der Waals surface area contributed by atoms with Crippen molar-refractivity contribution in [1.82, 2.24) is 15.5 Å². The van der Waals surface area contributed by atoms with Crippen molar-refractivity contribution < 1.29 is 14.3 Å². The predicted molar refractivity (Wildman–Crippen MR) is 92.2 cm³/mol. The molecule has 9 heteroatoms.